The van der Waals surface area contributed by atoms with Crippen LogP contribution < -0.4 is 14.4 Å². The van der Waals surface area contributed by atoms with Gasteiger partial charge in [0.25, 0.3) is 10.0 Å². The number of sulfonamides is 1. The Morgan fingerprint density at radius 1 is 0.921 bits per heavy atom. The van der Waals surface area contributed by atoms with Crippen LogP contribution in [0.25, 0.3) is 0 Å². The van der Waals surface area contributed by atoms with Gasteiger partial charge in [-0.2, -0.15) is 0 Å². The number of likely N-dealkylation sites (N-methyl/N-ethyl adjacent to an activating group) is 1. The number of benzene rings is 3. The summed E-state index contributed by atoms with van der Waals surface area (Å²) in [7, 11) is -2.88. The van der Waals surface area contributed by atoms with Gasteiger partial charge in [-0.15, -0.1) is 0 Å². The predicted octanol–water partition coefficient (Wildman–Crippen LogP) is 3.72. The summed E-state index contributed by atoms with van der Waals surface area (Å²) in [6.45, 7) is 2.95. The number of nitrogens with one attached hydrogen (secondary N) is 1. The van der Waals surface area contributed by atoms with E-state index in [0.717, 1.165) is 16.4 Å². The maximum Gasteiger partial charge on any atom is 0.264 e. The molecule has 11 heteroatoms. The highest BCUT2D eigenvalue weighted by Crippen LogP contribution is 2.26. The summed E-state index contributed by atoms with van der Waals surface area (Å²) in [6.07, 6.45) is 0. The smallest absolute Gasteiger partial charge is 0.264 e. The van der Waals surface area contributed by atoms with Crippen molar-refractivity contribution in [2.45, 2.75) is 31.3 Å². The Hall–Kier alpha value is -3.99. The number of nitrogens with zero attached hydrogens (tertiary/aromatic N) is 2. The molecule has 0 aromatic heterocycles. The van der Waals surface area contributed by atoms with Crippen molar-refractivity contribution in [2.24, 2.45) is 0 Å². The van der Waals surface area contributed by atoms with Gasteiger partial charge in [0.15, 0.2) is 0 Å². The Morgan fingerprint density at radius 3 is 2.00 bits per heavy atom. The van der Waals surface area contributed by atoms with Crippen molar-refractivity contribution in [3.8, 4) is 5.75 Å². The lowest BCUT2D eigenvalue weighted by Gasteiger charge is -2.31. The quantitative estimate of drug-likeness (QED) is 0.396. The molecule has 0 aliphatic heterocycles. The third-order valence-electron chi connectivity index (χ3n) is 5.80. The second-order valence-electron chi connectivity index (χ2n) is 8.33. The monoisotopic (exact) mass is 545 g/mol. The number of ether oxygens (including phenoxy) is 1. The lowest BCUT2D eigenvalue weighted by Crippen LogP contribution is -2.50. The highest BCUT2D eigenvalue weighted by atomic mass is 32.2. The number of rotatable bonds is 11. The van der Waals surface area contributed by atoms with Gasteiger partial charge in [0.2, 0.25) is 11.8 Å². The average Bonchev–Trinajstić information content (AvgIpc) is 2.91. The zero-order valence-corrected chi connectivity index (χ0v) is 22.0. The molecule has 2 amide bonds. The molecule has 38 heavy (non-hydrogen) atoms. The Kier molecular flexibility index (Phi) is 9.40. The van der Waals surface area contributed by atoms with Crippen molar-refractivity contribution in [1.82, 2.24) is 10.2 Å². The molecule has 0 fully saturated rings. The minimum Gasteiger partial charge on any atom is -0.494 e. The van der Waals surface area contributed by atoms with Gasteiger partial charge in [0.1, 0.15) is 30.0 Å². The zero-order valence-electron chi connectivity index (χ0n) is 21.2. The lowest BCUT2D eigenvalue weighted by atomic mass is 10.1. The maximum atomic E-state index is 13.7. The summed E-state index contributed by atoms with van der Waals surface area (Å²) in [5.74, 6) is -1.73. The van der Waals surface area contributed by atoms with Gasteiger partial charge in [-0.25, -0.2) is 17.2 Å². The third kappa shape index (κ3) is 6.86. The van der Waals surface area contributed by atoms with E-state index in [1.807, 2.05) is 0 Å². The fraction of sp³-hybridized carbons (Fsp3) is 0.259. The number of anilines is 1. The number of carbonyl (C=O) groups is 2. The first-order valence-corrected chi connectivity index (χ1v) is 13.3. The summed E-state index contributed by atoms with van der Waals surface area (Å²) in [5, 5.41) is 2.48. The fourth-order valence-corrected chi connectivity index (χ4v) is 5.13. The first-order valence-electron chi connectivity index (χ1n) is 11.8. The molecular weight excluding hydrogens is 516 g/mol. The fourth-order valence-electron chi connectivity index (χ4n) is 3.72. The molecule has 0 radical (unpaired) electrons. The topological polar surface area (TPSA) is 96.0 Å². The van der Waals surface area contributed by atoms with Crippen molar-refractivity contribution >= 4 is 27.5 Å². The second kappa shape index (κ2) is 12.5. The minimum atomic E-state index is -4.30. The van der Waals surface area contributed by atoms with Crippen molar-refractivity contribution in [3.63, 3.8) is 0 Å². The first kappa shape index (κ1) is 28.6. The molecule has 3 aromatic rings. The summed E-state index contributed by atoms with van der Waals surface area (Å²) < 4.78 is 60.7. The van der Waals surface area contributed by atoms with Crippen molar-refractivity contribution in [3.05, 3.63) is 90.0 Å². The first-order chi connectivity index (χ1) is 18.1. The number of carbonyl (C=O) groups excluding carboxylic acids is 2. The lowest BCUT2D eigenvalue weighted by molar-refractivity contribution is -0.139. The number of halogens is 2. The van der Waals surface area contributed by atoms with E-state index in [1.165, 1.54) is 79.5 Å². The predicted molar refractivity (Wildman–Crippen MR) is 139 cm³/mol. The Morgan fingerprint density at radius 2 is 1.47 bits per heavy atom. The highest BCUT2D eigenvalue weighted by Gasteiger charge is 2.32. The van der Waals surface area contributed by atoms with Gasteiger partial charge in [0.05, 0.1) is 17.2 Å². The molecule has 0 aliphatic carbocycles. The van der Waals surface area contributed by atoms with Crippen LogP contribution >= 0.6 is 0 Å². The molecule has 8 nitrogen and oxygen atoms in total. The largest absolute Gasteiger partial charge is 0.494 e. The van der Waals surface area contributed by atoms with Crippen molar-refractivity contribution in [1.29, 1.82) is 0 Å². The van der Waals surface area contributed by atoms with Gasteiger partial charge in [-0.3, -0.25) is 13.9 Å². The Bertz CT molecular complexity index is 1350. The SMILES string of the molecule is CCOc1ccc(S(=O)(=O)N(CC(=O)N(Cc2ccc(F)cc2)C(C)C(=O)NC)c2ccc(F)cc2)cc1. The van der Waals surface area contributed by atoms with Crippen LogP contribution in [0, 0.1) is 11.6 Å². The van der Waals surface area contributed by atoms with E-state index in [1.54, 1.807) is 6.92 Å². The molecule has 0 aliphatic rings. The summed E-state index contributed by atoms with van der Waals surface area (Å²) in [6, 6.07) is 14.8. The van der Waals surface area contributed by atoms with Crippen LogP contribution in [0.4, 0.5) is 14.5 Å². The maximum absolute atomic E-state index is 13.7. The van der Waals surface area contributed by atoms with Crippen LogP contribution in [0.2, 0.25) is 0 Å². The van der Waals surface area contributed by atoms with E-state index < -0.39 is 46.1 Å². The van der Waals surface area contributed by atoms with E-state index in [9.17, 15) is 26.8 Å². The molecule has 1 unspecified atom stereocenters. The normalized spacial score (nSPS) is 11.9. The molecular formula is C27H29F2N3O5S. The molecule has 0 saturated heterocycles. The van der Waals surface area contributed by atoms with Crippen LogP contribution in [0.5, 0.6) is 5.75 Å². The van der Waals surface area contributed by atoms with Gasteiger partial charge < -0.3 is 15.0 Å². The highest BCUT2D eigenvalue weighted by molar-refractivity contribution is 7.92. The number of hydrogen-bond donors (Lipinski definition) is 1. The Labute approximate surface area is 220 Å². The molecule has 202 valence electrons. The van der Waals surface area contributed by atoms with Crippen LogP contribution in [-0.2, 0) is 26.2 Å². The zero-order chi connectivity index (χ0) is 27.9. The molecule has 3 aromatic carbocycles. The number of hydrogen-bond acceptors (Lipinski definition) is 5. The minimum absolute atomic E-state index is 0.0583. The molecule has 0 bridgehead atoms. The van der Waals surface area contributed by atoms with Gasteiger partial charge in [-0.1, -0.05) is 12.1 Å². The summed E-state index contributed by atoms with van der Waals surface area (Å²) >= 11 is 0. The average molecular weight is 546 g/mol. The van der Waals surface area contributed by atoms with E-state index in [0.29, 0.717) is 17.9 Å². The van der Waals surface area contributed by atoms with Gasteiger partial charge in [-0.05, 0) is 80.1 Å². The van der Waals surface area contributed by atoms with E-state index in [-0.39, 0.29) is 17.1 Å². The van der Waals surface area contributed by atoms with Crippen LogP contribution in [0.3, 0.4) is 0 Å². The van der Waals surface area contributed by atoms with Crippen LogP contribution in [-0.4, -0.2) is 51.4 Å². The molecule has 3 rings (SSSR count). The second-order valence-corrected chi connectivity index (χ2v) is 10.2. The Balaban J connectivity index is 2.00. The van der Waals surface area contributed by atoms with Gasteiger partial charge >= 0.3 is 0 Å². The molecule has 0 heterocycles. The summed E-state index contributed by atoms with van der Waals surface area (Å²) in [5.41, 5.74) is 0.598. The summed E-state index contributed by atoms with van der Waals surface area (Å²) in [4.78, 5) is 27.2. The molecule has 0 saturated carbocycles. The van der Waals surface area contributed by atoms with Crippen LogP contribution in [0.15, 0.2) is 77.7 Å². The van der Waals surface area contributed by atoms with E-state index >= 15 is 0 Å². The standard InChI is InChI=1S/C27H29F2N3O5S/c1-4-37-24-13-15-25(16-14-24)38(35,36)32(23-11-9-22(29)10-12-23)18-26(33)31(19(2)27(34)30-3)17-20-5-7-21(28)8-6-20/h5-16,19H,4,17-18H2,1-3H3,(H,30,34). The van der Waals surface area contributed by atoms with Gasteiger partial charge in [0, 0.05) is 13.6 Å². The van der Waals surface area contributed by atoms with Crippen molar-refractivity contribution in [2.75, 3.05) is 24.5 Å². The van der Waals surface area contributed by atoms with Crippen molar-refractivity contribution < 1.29 is 31.5 Å². The molecule has 1 N–H and O–H groups in total. The third-order valence-corrected chi connectivity index (χ3v) is 7.58. The van der Waals surface area contributed by atoms with E-state index in [4.69, 9.17) is 4.74 Å². The molecule has 1 atom stereocenters. The van der Waals surface area contributed by atoms with E-state index in [2.05, 4.69) is 5.32 Å². The number of amides is 2. The molecule has 0 spiro atoms. The van der Waals surface area contributed by atoms with Crippen LogP contribution in [0.1, 0.15) is 19.4 Å².